The number of halogens is 1. The van der Waals surface area contributed by atoms with E-state index in [1.54, 1.807) is 0 Å². The summed E-state index contributed by atoms with van der Waals surface area (Å²) < 4.78 is 2.09. The second-order valence-corrected chi connectivity index (χ2v) is 6.70. The highest BCUT2D eigenvalue weighted by molar-refractivity contribution is 14.1. The first kappa shape index (κ1) is 14.9. The zero-order valence-electron chi connectivity index (χ0n) is 11.9. The second kappa shape index (κ2) is 5.84. The predicted molar refractivity (Wildman–Crippen MR) is 92.5 cm³/mol. The Balaban J connectivity index is 2.24. The summed E-state index contributed by atoms with van der Waals surface area (Å²) in [5.74, 6) is 0. The van der Waals surface area contributed by atoms with Crippen molar-refractivity contribution < 1.29 is 0 Å². The van der Waals surface area contributed by atoms with Crippen molar-refractivity contribution in [3.05, 3.63) is 59.7 Å². The van der Waals surface area contributed by atoms with Crippen molar-refractivity contribution in [3.8, 4) is 6.07 Å². The molecule has 2 aromatic carbocycles. The molecule has 0 heterocycles. The highest BCUT2D eigenvalue weighted by Gasteiger charge is 2.14. The van der Waals surface area contributed by atoms with Gasteiger partial charge in [0.25, 0.3) is 0 Å². The molecule has 102 valence electrons. The Morgan fingerprint density at radius 3 is 1.75 bits per heavy atom. The molecule has 2 rings (SSSR count). The van der Waals surface area contributed by atoms with Crippen LogP contribution in [0, 0.1) is 11.3 Å². The number of hydrogen-bond donors (Lipinski definition) is 0. The van der Waals surface area contributed by atoms with Crippen LogP contribution in [0.3, 0.4) is 0 Å². The summed E-state index contributed by atoms with van der Waals surface area (Å²) in [6.45, 7) is 6.64. The molecule has 0 N–H and O–H groups in total. The molecule has 0 spiro atoms. The molecule has 0 bridgehead atoms. The number of benzene rings is 2. The number of rotatable bonds is 2. The topological polar surface area (TPSA) is 27.0 Å². The van der Waals surface area contributed by atoms with E-state index >= 15 is 0 Å². The zero-order chi connectivity index (χ0) is 14.8. The summed E-state index contributed by atoms with van der Waals surface area (Å²) in [6, 6.07) is 18.3. The van der Waals surface area contributed by atoms with E-state index in [-0.39, 0.29) is 5.41 Å². The van der Waals surface area contributed by atoms with E-state index in [0.29, 0.717) is 5.56 Å². The Morgan fingerprint density at radius 1 is 0.900 bits per heavy atom. The van der Waals surface area contributed by atoms with Gasteiger partial charge in [-0.1, -0.05) is 32.9 Å². The van der Waals surface area contributed by atoms with Crippen LogP contribution in [0.2, 0.25) is 0 Å². The van der Waals surface area contributed by atoms with Gasteiger partial charge in [-0.3, -0.25) is 3.11 Å². The first-order valence-electron chi connectivity index (χ1n) is 6.48. The normalized spacial score (nSPS) is 10.9. The molecular weight excluding hydrogens is 359 g/mol. The Bertz CT molecular complexity index is 616. The Morgan fingerprint density at radius 2 is 1.35 bits per heavy atom. The predicted octanol–water partition coefficient (Wildman–Crippen LogP) is 5.34. The number of anilines is 2. The number of hydrogen-bond acceptors (Lipinski definition) is 2. The maximum atomic E-state index is 8.83. The van der Waals surface area contributed by atoms with E-state index in [9.17, 15) is 0 Å². The first-order valence-corrected chi connectivity index (χ1v) is 7.45. The molecule has 0 aliphatic heterocycles. The maximum absolute atomic E-state index is 8.83. The molecule has 0 aliphatic rings. The smallest absolute Gasteiger partial charge is 0.0991 e. The minimum Gasteiger partial charge on any atom is -0.283 e. The molecule has 20 heavy (non-hydrogen) atoms. The largest absolute Gasteiger partial charge is 0.283 e. The number of nitriles is 1. The van der Waals surface area contributed by atoms with Crippen LogP contribution in [0.1, 0.15) is 31.9 Å². The van der Waals surface area contributed by atoms with Gasteiger partial charge in [-0.05, 0) is 47.4 Å². The van der Waals surface area contributed by atoms with Crippen LogP contribution in [0.5, 0.6) is 0 Å². The van der Waals surface area contributed by atoms with Crippen molar-refractivity contribution in [3.63, 3.8) is 0 Å². The first-order chi connectivity index (χ1) is 9.41. The SMILES string of the molecule is CC(C)(C)c1ccc(N(I)c2ccc(C#N)cc2)cc1. The second-order valence-electron chi connectivity index (χ2n) is 5.74. The molecule has 0 amide bonds. The van der Waals surface area contributed by atoms with Gasteiger partial charge in [-0.15, -0.1) is 0 Å². The monoisotopic (exact) mass is 376 g/mol. The summed E-state index contributed by atoms with van der Waals surface area (Å²) >= 11 is 2.28. The van der Waals surface area contributed by atoms with E-state index in [1.165, 1.54) is 5.56 Å². The van der Waals surface area contributed by atoms with Crippen molar-refractivity contribution in [1.29, 1.82) is 5.26 Å². The summed E-state index contributed by atoms with van der Waals surface area (Å²) in [7, 11) is 0. The Hall–Kier alpha value is -1.54. The molecule has 0 unspecified atom stereocenters. The summed E-state index contributed by atoms with van der Waals surface area (Å²) in [5.41, 5.74) is 4.37. The van der Waals surface area contributed by atoms with Crippen LogP contribution in [0.4, 0.5) is 11.4 Å². The van der Waals surface area contributed by atoms with E-state index in [1.807, 2.05) is 24.3 Å². The van der Waals surface area contributed by atoms with Crippen LogP contribution in [0.15, 0.2) is 48.5 Å². The lowest BCUT2D eigenvalue weighted by Gasteiger charge is -2.21. The quantitative estimate of drug-likeness (QED) is 0.522. The Labute approximate surface area is 134 Å². The molecule has 0 atom stereocenters. The van der Waals surface area contributed by atoms with Crippen LogP contribution >= 0.6 is 22.9 Å². The summed E-state index contributed by atoms with van der Waals surface area (Å²) in [6.07, 6.45) is 0. The van der Waals surface area contributed by atoms with Crippen LogP contribution in [0.25, 0.3) is 0 Å². The lowest BCUT2D eigenvalue weighted by Crippen LogP contribution is -2.11. The molecule has 0 saturated heterocycles. The van der Waals surface area contributed by atoms with Gasteiger partial charge in [0.1, 0.15) is 0 Å². The molecular formula is C17H17IN2. The van der Waals surface area contributed by atoms with Gasteiger partial charge in [0.05, 0.1) is 45.9 Å². The van der Waals surface area contributed by atoms with Crippen LogP contribution in [-0.4, -0.2) is 0 Å². The zero-order valence-corrected chi connectivity index (χ0v) is 14.0. The third kappa shape index (κ3) is 3.31. The van der Waals surface area contributed by atoms with Crippen molar-refractivity contribution in [2.24, 2.45) is 0 Å². The average molecular weight is 376 g/mol. The van der Waals surface area contributed by atoms with E-state index in [0.717, 1.165) is 11.4 Å². The standard InChI is InChI=1S/C17H17IN2/c1-17(2,3)14-6-10-16(11-7-14)20(18)15-8-4-13(12-19)5-9-15/h4-11H,1-3H3. The number of nitrogens with zero attached hydrogens (tertiary/aromatic N) is 2. The van der Waals surface area contributed by atoms with Gasteiger partial charge in [0, 0.05) is 0 Å². The lowest BCUT2D eigenvalue weighted by molar-refractivity contribution is 0.590. The third-order valence-corrected chi connectivity index (χ3v) is 4.30. The highest BCUT2D eigenvalue weighted by atomic mass is 127. The summed E-state index contributed by atoms with van der Waals surface area (Å²) in [5, 5.41) is 8.83. The maximum Gasteiger partial charge on any atom is 0.0991 e. The van der Waals surface area contributed by atoms with Gasteiger partial charge in [-0.25, -0.2) is 0 Å². The highest BCUT2D eigenvalue weighted by Crippen LogP contribution is 2.31. The molecule has 0 saturated carbocycles. The van der Waals surface area contributed by atoms with Gasteiger partial charge in [-0.2, -0.15) is 5.26 Å². The van der Waals surface area contributed by atoms with Gasteiger partial charge in [0.15, 0.2) is 0 Å². The van der Waals surface area contributed by atoms with Gasteiger partial charge < -0.3 is 0 Å². The third-order valence-electron chi connectivity index (χ3n) is 3.18. The molecule has 2 nitrogen and oxygen atoms in total. The van der Waals surface area contributed by atoms with E-state index in [2.05, 4.69) is 77.1 Å². The minimum absolute atomic E-state index is 0.170. The molecule has 0 radical (unpaired) electrons. The average Bonchev–Trinajstić information content (AvgIpc) is 2.46. The molecule has 0 aromatic heterocycles. The van der Waals surface area contributed by atoms with Gasteiger partial charge in [0.2, 0.25) is 0 Å². The molecule has 2 aromatic rings. The Kier molecular flexibility index (Phi) is 4.34. The van der Waals surface area contributed by atoms with Gasteiger partial charge >= 0.3 is 0 Å². The van der Waals surface area contributed by atoms with Crippen molar-refractivity contribution in [2.75, 3.05) is 3.11 Å². The van der Waals surface area contributed by atoms with Crippen molar-refractivity contribution >= 4 is 34.2 Å². The molecule has 3 heteroatoms. The summed E-state index contributed by atoms with van der Waals surface area (Å²) in [4.78, 5) is 0. The van der Waals surface area contributed by atoms with Crippen LogP contribution < -0.4 is 3.11 Å². The van der Waals surface area contributed by atoms with E-state index in [4.69, 9.17) is 5.26 Å². The van der Waals surface area contributed by atoms with E-state index < -0.39 is 0 Å². The molecule has 0 fully saturated rings. The molecule has 0 aliphatic carbocycles. The fraction of sp³-hybridized carbons (Fsp3) is 0.235. The minimum atomic E-state index is 0.170. The van der Waals surface area contributed by atoms with Crippen molar-refractivity contribution in [2.45, 2.75) is 26.2 Å². The van der Waals surface area contributed by atoms with Crippen LogP contribution in [-0.2, 0) is 5.41 Å². The fourth-order valence-electron chi connectivity index (χ4n) is 1.91. The fourth-order valence-corrected chi connectivity index (χ4v) is 2.55. The van der Waals surface area contributed by atoms with Crippen molar-refractivity contribution in [1.82, 2.24) is 0 Å². The lowest BCUT2D eigenvalue weighted by atomic mass is 9.87.